The predicted molar refractivity (Wildman–Crippen MR) is 109 cm³/mol. The summed E-state index contributed by atoms with van der Waals surface area (Å²) in [5, 5.41) is 8.40. The number of hydrogen-bond donors (Lipinski definition) is 1. The number of anilines is 1. The van der Waals surface area contributed by atoms with Gasteiger partial charge < -0.3 is 10.2 Å². The molecule has 7 heteroatoms. The number of nitrogens with zero attached hydrogens (tertiary/aromatic N) is 5. The molecule has 0 radical (unpaired) electrons. The molecule has 1 N–H and O–H groups in total. The molecule has 1 aromatic carbocycles. The van der Waals surface area contributed by atoms with Crippen molar-refractivity contribution in [2.75, 3.05) is 18.0 Å². The molecule has 0 bridgehead atoms. The fraction of sp³-hybridized carbons (Fsp3) is 0.429. The standard InChI is InChI=1S/C21H26N6O/c1-3-18-24-19-17(14-23-26(19)2)20(25-18)27-11-9-16(10-12-27)21(28)22-13-15-7-5-4-6-8-15/h4-8,14,16H,3,9-13H2,1-2H3,(H,22,28). The van der Waals surface area contributed by atoms with Crippen molar-refractivity contribution in [2.45, 2.75) is 32.7 Å². The normalized spacial score (nSPS) is 15.1. The van der Waals surface area contributed by atoms with E-state index in [0.29, 0.717) is 6.54 Å². The van der Waals surface area contributed by atoms with Gasteiger partial charge in [0.15, 0.2) is 5.65 Å². The van der Waals surface area contributed by atoms with Crippen LogP contribution in [-0.4, -0.2) is 38.7 Å². The Morgan fingerprint density at radius 1 is 1.18 bits per heavy atom. The fourth-order valence-corrected chi connectivity index (χ4v) is 3.73. The van der Waals surface area contributed by atoms with E-state index in [4.69, 9.17) is 4.98 Å². The van der Waals surface area contributed by atoms with Crippen LogP contribution < -0.4 is 10.2 Å². The van der Waals surface area contributed by atoms with E-state index in [1.807, 2.05) is 43.6 Å². The van der Waals surface area contributed by atoms with Crippen LogP contribution >= 0.6 is 0 Å². The van der Waals surface area contributed by atoms with Crippen molar-refractivity contribution in [2.24, 2.45) is 13.0 Å². The van der Waals surface area contributed by atoms with Crippen LogP contribution in [0, 0.1) is 5.92 Å². The lowest BCUT2D eigenvalue weighted by molar-refractivity contribution is -0.125. The Balaban J connectivity index is 1.41. The lowest BCUT2D eigenvalue weighted by Crippen LogP contribution is -2.40. The van der Waals surface area contributed by atoms with Gasteiger partial charge in [0.1, 0.15) is 11.6 Å². The molecule has 3 aromatic rings. The molecule has 28 heavy (non-hydrogen) atoms. The van der Waals surface area contributed by atoms with Crippen LogP contribution in [0.4, 0.5) is 5.82 Å². The van der Waals surface area contributed by atoms with Crippen molar-refractivity contribution in [3.63, 3.8) is 0 Å². The summed E-state index contributed by atoms with van der Waals surface area (Å²) < 4.78 is 1.80. The molecule has 0 spiro atoms. The molecule has 146 valence electrons. The Hall–Kier alpha value is -2.96. The van der Waals surface area contributed by atoms with Gasteiger partial charge in [0.2, 0.25) is 5.91 Å². The van der Waals surface area contributed by atoms with Crippen LogP contribution in [0.25, 0.3) is 11.0 Å². The van der Waals surface area contributed by atoms with Crippen molar-refractivity contribution in [3.05, 3.63) is 47.9 Å². The second-order valence-electron chi connectivity index (χ2n) is 7.29. The second-order valence-corrected chi connectivity index (χ2v) is 7.29. The Morgan fingerprint density at radius 3 is 2.64 bits per heavy atom. The first-order valence-corrected chi connectivity index (χ1v) is 9.91. The van der Waals surface area contributed by atoms with E-state index in [-0.39, 0.29) is 11.8 Å². The van der Waals surface area contributed by atoms with Crippen molar-refractivity contribution in [3.8, 4) is 0 Å². The molecule has 1 saturated heterocycles. The highest BCUT2D eigenvalue weighted by molar-refractivity contribution is 5.87. The van der Waals surface area contributed by atoms with Gasteiger partial charge in [-0.3, -0.25) is 9.48 Å². The zero-order chi connectivity index (χ0) is 19.5. The number of aryl methyl sites for hydroxylation is 2. The summed E-state index contributed by atoms with van der Waals surface area (Å²) in [7, 11) is 1.90. The van der Waals surface area contributed by atoms with Crippen LogP contribution in [0.1, 0.15) is 31.2 Å². The summed E-state index contributed by atoms with van der Waals surface area (Å²) in [6.45, 7) is 4.27. The van der Waals surface area contributed by atoms with Gasteiger partial charge in [-0.2, -0.15) is 5.10 Å². The number of hydrogen-bond acceptors (Lipinski definition) is 5. The zero-order valence-electron chi connectivity index (χ0n) is 16.4. The highest BCUT2D eigenvalue weighted by Crippen LogP contribution is 2.28. The molecule has 1 aliphatic rings. The van der Waals surface area contributed by atoms with E-state index in [1.54, 1.807) is 4.68 Å². The summed E-state index contributed by atoms with van der Waals surface area (Å²) in [6.07, 6.45) is 4.27. The summed E-state index contributed by atoms with van der Waals surface area (Å²) >= 11 is 0. The van der Waals surface area contributed by atoms with Gasteiger partial charge in [0, 0.05) is 39.0 Å². The van der Waals surface area contributed by atoms with Crippen molar-refractivity contribution >= 4 is 22.8 Å². The highest BCUT2D eigenvalue weighted by Gasteiger charge is 2.27. The number of fused-ring (bicyclic) bond motifs is 1. The largest absolute Gasteiger partial charge is 0.356 e. The third-order valence-corrected chi connectivity index (χ3v) is 5.41. The molecule has 0 aliphatic carbocycles. The summed E-state index contributed by atoms with van der Waals surface area (Å²) in [5.74, 6) is 1.97. The maximum atomic E-state index is 12.6. The molecule has 1 amide bonds. The van der Waals surface area contributed by atoms with Crippen LogP contribution in [0.2, 0.25) is 0 Å². The summed E-state index contributed by atoms with van der Waals surface area (Å²) in [6, 6.07) is 10.0. The van der Waals surface area contributed by atoms with Gasteiger partial charge in [0.05, 0.1) is 11.6 Å². The molecule has 1 fully saturated rings. The number of nitrogens with one attached hydrogen (secondary N) is 1. The molecule has 2 aromatic heterocycles. The lowest BCUT2D eigenvalue weighted by atomic mass is 9.95. The number of aromatic nitrogens is 4. The Kier molecular flexibility index (Phi) is 5.23. The van der Waals surface area contributed by atoms with Crippen molar-refractivity contribution in [1.82, 2.24) is 25.1 Å². The van der Waals surface area contributed by atoms with Crippen molar-refractivity contribution < 1.29 is 4.79 Å². The zero-order valence-corrected chi connectivity index (χ0v) is 16.4. The topological polar surface area (TPSA) is 75.9 Å². The molecule has 3 heterocycles. The maximum Gasteiger partial charge on any atom is 0.223 e. The van der Waals surface area contributed by atoms with Gasteiger partial charge in [-0.25, -0.2) is 9.97 Å². The number of carbonyl (C=O) groups is 1. The Bertz CT molecular complexity index is 960. The van der Waals surface area contributed by atoms with E-state index in [2.05, 4.69) is 27.2 Å². The van der Waals surface area contributed by atoms with Gasteiger partial charge in [0.25, 0.3) is 0 Å². The van der Waals surface area contributed by atoms with E-state index >= 15 is 0 Å². The van der Waals surface area contributed by atoms with Crippen LogP contribution in [0.3, 0.4) is 0 Å². The molecule has 1 aliphatic heterocycles. The third-order valence-electron chi connectivity index (χ3n) is 5.41. The van der Waals surface area contributed by atoms with E-state index in [9.17, 15) is 4.79 Å². The molecular weight excluding hydrogens is 352 g/mol. The van der Waals surface area contributed by atoms with Gasteiger partial charge in [-0.15, -0.1) is 0 Å². The second kappa shape index (κ2) is 7.96. The highest BCUT2D eigenvalue weighted by atomic mass is 16.1. The molecule has 0 saturated carbocycles. The lowest BCUT2D eigenvalue weighted by Gasteiger charge is -2.32. The van der Waals surface area contributed by atoms with E-state index < -0.39 is 0 Å². The van der Waals surface area contributed by atoms with Gasteiger partial charge in [-0.1, -0.05) is 37.3 Å². The smallest absolute Gasteiger partial charge is 0.223 e. The number of carbonyl (C=O) groups excluding carboxylic acids is 1. The third kappa shape index (κ3) is 3.69. The molecule has 4 rings (SSSR count). The van der Waals surface area contributed by atoms with E-state index in [0.717, 1.165) is 60.6 Å². The monoisotopic (exact) mass is 378 g/mol. The maximum absolute atomic E-state index is 12.6. The Morgan fingerprint density at radius 2 is 1.93 bits per heavy atom. The predicted octanol–water partition coefficient (Wildman–Crippen LogP) is 2.46. The number of rotatable bonds is 5. The Labute approximate surface area is 164 Å². The molecule has 7 nitrogen and oxygen atoms in total. The summed E-state index contributed by atoms with van der Waals surface area (Å²) in [4.78, 5) is 24.2. The summed E-state index contributed by atoms with van der Waals surface area (Å²) in [5.41, 5.74) is 1.99. The molecule has 0 atom stereocenters. The van der Waals surface area contributed by atoms with E-state index in [1.165, 1.54) is 0 Å². The fourth-order valence-electron chi connectivity index (χ4n) is 3.73. The number of amides is 1. The van der Waals surface area contributed by atoms with Crippen LogP contribution in [0.5, 0.6) is 0 Å². The first kappa shape index (κ1) is 18.4. The number of piperidine rings is 1. The minimum absolute atomic E-state index is 0.0526. The first-order valence-electron chi connectivity index (χ1n) is 9.91. The molecular formula is C21H26N6O. The minimum atomic E-state index is 0.0526. The minimum Gasteiger partial charge on any atom is -0.356 e. The quantitative estimate of drug-likeness (QED) is 0.738. The van der Waals surface area contributed by atoms with Crippen molar-refractivity contribution in [1.29, 1.82) is 0 Å². The van der Waals surface area contributed by atoms with Crippen LogP contribution in [-0.2, 0) is 24.8 Å². The average molecular weight is 378 g/mol. The number of benzene rings is 1. The average Bonchev–Trinajstić information content (AvgIpc) is 3.13. The first-order chi connectivity index (χ1) is 13.7. The van der Waals surface area contributed by atoms with Gasteiger partial charge >= 0.3 is 0 Å². The molecule has 0 unspecified atom stereocenters. The van der Waals surface area contributed by atoms with Gasteiger partial charge in [-0.05, 0) is 18.4 Å². The SMILES string of the molecule is CCc1nc(N2CCC(C(=O)NCc3ccccc3)CC2)c2cnn(C)c2n1. The van der Waals surface area contributed by atoms with Crippen LogP contribution in [0.15, 0.2) is 36.5 Å².